The normalized spacial score (nSPS) is 15.0. The molecule has 0 bridgehead atoms. The molecule has 0 aliphatic carbocycles. The van der Waals surface area contributed by atoms with Gasteiger partial charge in [-0.1, -0.05) is 35.9 Å². The maximum absolute atomic E-state index is 13.4. The molecule has 5 rings (SSSR count). The van der Waals surface area contributed by atoms with Gasteiger partial charge in [0, 0.05) is 53.7 Å². The van der Waals surface area contributed by atoms with Crippen LogP contribution in [0.15, 0.2) is 54.6 Å². The first-order valence-corrected chi connectivity index (χ1v) is 15.3. The molecule has 0 fully saturated rings. The van der Waals surface area contributed by atoms with Crippen molar-refractivity contribution in [3.8, 4) is 5.75 Å². The average molecular weight is 629 g/mol. The number of fused-ring (bicyclic) bond motifs is 2. The van der Waals surface area contributed by atoms with Crippen molar-refractivity contribution in [3.63, 3.8) is 0 Å². The number of aromatic nitrogens is 3. The zero-order chi connectivity index (χ0) is 30.7. The lowest BCUT2D eigenvalue weighted by atomic mass is 10.0. The Morgan fingerprint density at radius 2 is 1.98 bits per heavy atom. The molecule has 0 saturated carbocycles. The molecule has 2 amide bonds. The topological polar surface area (TPSA) is 170 Å². The van der Waals surface area contributed by atoms with Gasteiger partial charge in [-0.15, -0.1) is 0 Å². The van der Waals surface area contributed by atoms with Gasteiger partial charge in [0.1, 0.15) is 17.5 Å². The second kappa shape index (κ2) is 12.6. The monoisotopic (exact) mass is 628 g/mol. The second-order valence-corrected chi connectivity index (χ2v) is 12.1. The molecule has 13 nitrogen and oxygen atoms in total. The van der Waals surface area contributed by atoms with Crippen molar-refractivity contribution in [2.24, 2.45) is 0 Å². The van der Waals surface area contributed by atoms with Crippen LogP contribution in [0.2, 0.25) is 5.02 Å². The maximum atomic E-state index is 13.4. The number of halogens is 1. The third kappa shape index (κ3) is 6.75. The molecule has 4 N–H and O–H groups in total. The number of nitrogens with zero attached hydrogens (tertiary/aromatic N) is 3. The lowest BCUT2D eigenvalue weighted by Gasteiger charge is -2.27. The van der Waals surface area contributed by atoms with Crippen molar-refractivity contribution >= 4 is 48.0 Å². The molecule has 0 saturated heterocycles. The molecule has 43 heavy (non-hydrogen) atoms. The van der Waals surface area contributed by atoms with Crippen LogP contribution in [0.4, 0.5) is 0 Å². The summed E-state index contributed by atoms with van der Waals surface area (Å²) >= 11 is 6.27. The number of para-hydroxylation sites is 1. The van der Waals surface area contributed by atoms with Gasteiger partial charge >= 0.3 is 13.7 Å². The first kappa shape index (κ1) is 30.3. The van der Waals surface area contributed by atoms with Gasteiger partial charge in [0.2, 0.25) is 0 Å². The lowest BCUT2D eigenvalue weighted by molar-refractivity contribution is -0.138. The Labute approximate surface area is 251 Å². The Morgan fingerprint density at radius 3 is 2.70 bits per heavy atom. The van der Waals surface area contributed by atoms with E-state index in [4.69, 9.17) is 20.6 Å². The molecule has 2 aromatic carbocycles. The summed E-state index contributed by atoms with van der Waals surface area (Å²) in [5.41, 5.74) is 2.69. The number of aromatic amines is 2. The summed E-state index contributed by atoms with van der Waals surface area (Å²) in [6, 6.07) is 14.1. The number of carboxylic acids is 1. The van der Waals surface area contributed by atoms with E-state index >= 15 is 0 Å². The van der Waals surface area contributed by atoms with E-state index in [1.54, 1.807) is 53.4 Å². The SMILES string of the molecule is C[C@H](NP(=O)(OCCN(C)C(=O)c1n[nH]c2c1CN(C(=O)c1cc3c(Cl)cccc3[nH]1)CC2)Oc1ccccc1)C(=O)O. The molecule has 3 heterocycles. The number of carboxylic acid groups (broad SMARTS) is 1. The van der Waals surface area contributed by atoms with E-state index in [0.717, 1.165) is 16.6 Å². The van der Waals surface area contributed by atoms with Crippen LogP contribution in [0.5, 0.6) is 5.75 Å². The van der Waals surface area contributed by atoms with Gasteiger partial charge in [-0.3, -0.25) is 24.0 Å². The zero-order valence-corrected chi connectivity index (χ0v) is 25.0. The number of aliphatic carboxylic acids is 1. The summed E-state index contributed by atoms with van der Waals surface area (Å²) in [6.45, 7) is 1.68. The minimum Gasteiger partial charge on any atom is -0.480 e. The Hall–Kier alpha value is -4.16. The summed E-state index contributed by atoms with van der Waals surface area (Å²) in [5.74, 6) is -1.68. The van der Waals surface area contributed by atoms with Crippen molar-refractivity contribution in [3.05, 3.63) is 82.3 Å². The van der Waals surface area contributed by atoms with Crippen molar-refractivity contribution < 1.29 is 33.1 Å². The molecule has 0 spiro atoms. The number of benzene rings is 2. The average Bonchev–Trinajstić information content (AvgIpc) is 3.62. The Bertz CT molecular complexity index is 1710. The van der Waals surface area contributed by atoms with Crippen LogP contribution in [0, 0.1) is 0 Å². The van der Waals surface area contributed by atoms with Crippen LogP contribution in [0.25, 0.3) is 10.9 Å². The van der Waals surface area contributed by atoms with E-state index in [1.807, 2.05) is 6.07 Å². The Kier molecular flexibility index (Phi) is 8.88. The quantitative estimate of drug-likeness (QED) is 0.179. The van der Waals surface area contributed by atoms with Gasteiger partial charge in [-0.2, -0.15) is 10.2 Å². The van der Waals surface area contributed by atoms with E-state index in [-0.39, 0.29) is 37.0 Å². The van der Waals surface area contributed by atoms with Crippen molar-refractivity contribution in [2.75, 3.05) is 26.7 Å². The number of hydrogen-bond acceptors (Lipinski definition) is 7. The Morgan fingerprint density at radius 1 is 1.21 bits per heavy atom. The molecule has 2 atom stereocenters. The van der Waals surface area contributed by atoms with Gasteiger partial charge in [-0.25, -0.2) is 4.57 Å². The van der Waals surface area contributed by atoms with Crippen LogP contribution in [-0.4, -0.2) is 80.7 Å². The number of H-pyrrole nitrogens is 2. The molecule has 0 radical (unpaired) electrons. The number of carbonyl (C=O) groups excluding carboxylic acids is 2. The summed E-state index contributed by atoms with van der Waals surface area (Å²) in [6.07, 6.45) is 0.489. The van der Waals surface area contributed by atoms with Crippen molar-refractivity contribution in [2.45, 2.75) is 25.9 Å². The fraction of sp³-hybridized carbons (Fsp3) is 0.286. The molecule has 226 valence electrons. The molecule has 1 aliphatic heterocycles. The van der Waals surface area contributed by atoms with Crippen LogP contribution >= 0.6 is 19.3 Å². The minimum absolute atomic E-state index is 0.00971. The fourth-order valence-corrected chi connectivity index (χ4v) is 6.35. The number of nitrogens with one attached hydrogen (secondary N) is 3. The highest BCUT2D eigenvalue weighted by Gasteiger charge is 2.33. The highest BCUT2D eigenvalue weighted by atomic mass is 35.5. The predicted octanol–water partition coefficient (Wildman–Crippen LogP) is 4.08. The number of rotatable bonds is 11. The highest BCUT2D eigenvalue weighted by Crippen LogP contribution is 2.44. The largest absolute Gasteiger partial charge is 0.480 e. The van der Waals surface area contributed by atoms with Crippen LogP contribution in [0.3, 0.4) is 0 Å². The minimum atomic E-state index is -4.13. The van der Waals surface area contributed by atoms with Gasteiger partial charge < -0.3 is 24.4 Å². The van der Waals surface area contributed by atoms with Crippen molar-refractivity contribution in [1.29, 1.82) is 0 Å². The third-order valence-corrected chi connectivity index (χ3v) is 9.00. The molecule has 4 aromatic rings. The van der Waals surface area contributed by atoms with E-state index in [0.29, 0.717) is 29.2 Å². The molecule has 1 aliphatic rings. The number of hydrogen-bond donors (Lipinski definition) is 4. The summed E-state index contributed by atoms with van der Waals surface area (Å²) < 4.78 is 24.4. The zero-order valence-electron chi connectivity index (χ0n) is 23.4. The van der Waals surface area contributed by atoms with Crippen molar-refractivity contribution in [1.82, 2.24) is 30.1 Å². The summed E-state index contributed by atoms with van der Waals surface area (Å²) in [5, 5.41) is 20.1. The van der Waals surface area contributed by atoms with Crippen LogP contribution in [-0.2, 0) is 26.8 Å². The molecule has 2 aromatic heterocycles. The predicted molar refractivity (Wildman–Crippen MR) is 158 cm³/mol. The van der Waals surface area contributed by atoms with E-state index in [1.165, 1.54) is 18.9 Å². The van der Waals surface area contributed by atoms with Crippen LogP contribution < -0.4 is 9.61 Å². The number of likely N-dealkylation sites (N-methyl/N-ethyl adjacent to an activating group) is 1. The fourth-order valence-electron chi connectivity index (χ4n) is 4.63. The number of amides is 2. The Balaban J connectivity index is 1.24. The second-order valence-electron chi connectivity index (χ2n) is 10.0. The summed E-state index contributed by atoms with van der Waals surface area (Å²) in [7, 11) is -2.59. The molecular weight excluding hydrogens is 599 g/mol. The first-order valence-electron chi connectivity index (χ1n) is 13.4. The maximum Gasteiger partial charge on any atom is 0.459 e. The lowest BCUT2D eigenvalue weighted by Crippen LogP contribution is -2.38. The van der Waals surface area contributed by atoms with Gasteiger partial charge in [0.25, 0.3) is 11.8 Å². The highest BCUT2D eigenvalue weighted by molar-refractivity contribution is 7.52. The molecule has 15 heteroatoms. The molecule has 1 unspecified atom stereocenters. The van der Waals surface area contributed by atoms with Gasteiger partial charge in [0.15, 0.2) is 5.69 Å². The van der Waals surface area contributed by atoms with Gasteiger partial charge in [0.05, 0.1) is 13.2 Å². The summed E-state index contributed by atoms with van der Waals surface area (Å²) in [4.78, 5) is 44.2. The van der Waals surface area contributed by atoms with Gasteiger partial charge in [-0.05, 0) is 37.3 Å². The third-order valence-electron chi connectivity index (χ3n) is 6.99. The molecular formula is C28H30ClN6O7P. The van der Waals surface area contributed by atoms with Crippen LogP contribution in [0.1, 0.15) is 39.2 Å². The van der Waals surface area contributed by atoms with E-state index in [2.05, 4.69) is 20.3 Å². The first-order chi connectivity index (χ1) is 20.5. The smallest absolute Gasteiger partial charge is 0.459 e. The van der Waals surface area contributed by atoms with E-state index in [9.17, 15) is 24.1 Å². The number of carbonyl (C=O) groups is 3. The standard InChI is InChI=1S/C28H30ClN6O7P/c1-17(28(38)39)33-43(40,42-18-7-4-3-5-8-18)41-14-13-34(2)27(37)25-20-16-35(12-11-23(20)31-32-25)26(36)24-15-19-21(29)9-6-10-22(19)30-24/h3-10,15,17,30H,11-14,16H2,1-2H3,(H,31,32)(H,33,40)(H,38,39)/t17-,43?/m0/s1. The van der Waals surface area contributed by atoms with E-state index < -0.39 is 25.7 Å².